The average molecular weight is 482 g/mol. The first-order valence-electron chi connectivity index (χ1n) is 11.0. The first-order chi connectivity index (χ1) is 15.7. The zero-order chi connectivity index (χ0) is 23.8. The summed E-state index contributed by atoms with van der Waals surface area (Å²) in [7, 11) is 1.67. The lowest BCUT2D eigenvalue weighted by atomic mass is 9.93. The van der Waals surface area contributed by atoms with E-state index in [0.717, 1.165) is 39.6 Å². The summed E-state index contributed by atoms with van der Waals surface area (Å²) in [4.78, 5) is 27.1. The smallest absolute Gasteiger partial charge is 0.240 e. The van der Waals surface area contributed by atoms with Gasteiger partial charge in [0.1, 0.15) is 12.0 Å². The molecule has 6 heteroatoms. The van der Waals surface area contributed by atoms with Gasteiger partial charge in [-0.2, -0.15) is 0 Å². The molecule has 2 atom stereocenters. The number of aldehydes is 1. The van der Waals surface area contributed by atoms with Gasteiger partial charge in [-0.15, -0.1) is 11.8 Å². The molecule has 0 aromatic heterocycles. The van der Waals surface area contributed by atoms with Crippen LogP contribution >= 0.6 is 23.4 Å². The Labute approximate surface area is 204 Å². The summed E-state index contributed by atoms with van der Waals surface area (Å²) in [5, 5.41) is 2.03. The average Bonchev–Trinajstić information content (AvgIpc) is 2.88. The normalized spacial score (nSPS) is 18.7. The van der Waals surface area contributed by atoms with Crippen LogP contribution in [0.4, 0.5) is 5.69 Å². The van der Waals surface area contributed by atoms with Crippen LogP contribution in [0.15, 0.2) is 54.6 Å². The number of ether oxygens (including phenoxy) is 1. The van der Waals surface area contributed by atoms with E-state index in [1.54, 1.807) is 7.11 Å². The van der Waals surface area contributed by atoms with Gasteiger partial charge in [0.05, 0.1) is 17.6 Å². The topological polar surface area (TPSA) is 46.6 Å². The van der Waals surface area contributed by atoms with E-state index in [2.05, 4.69) is 32.9 Å². The molecule has 0 unspecified atom stereocenters. The van der Waals surface area contributed by atoms with Crippen LogP contribution in [-0.4, -0.2) is 31.1 Å². The Morgan fingerprint density at radius 3 is 2.45 bits per heavy atom. The largest absolute Gasteiger partial charge is 0.496 e. The first-order valence-corrected chi connectivity index (χ1v) is 12.3. The minimum Gasteiger partial charge on any atom is -0.496 e. The monoisotopic (exact) mass is 481 g/mol. The number of carbonyl (C=O) groups excluding carboxylic acids is 2. The van der Waals surface area contributed by atoms with Gasteiger partial charge in [-0.3, -0.25) is 4.79 Å². The highest BCUT2D eigenvalue weighted by Crippen LogP contribution is 2.50. The second kappa shape index (κ2) is 9.40. The van der Waals surface area contributed by atoms with Crippen LogP contribution in [0, 0.1) is 5.41 Å². The third-order valence-electron chi connectivity index (χ3n) is 5.77. The number of thioether (sulfide) groups is 1. The molecule has 0 radical (unpaired) electrons. The maximum atomic E-state index is 13.7. The maximum absolute atomic E-state index is 13.7. The summed E-state index contributed by atoms with van der Waals surface area (Å²) in [5.41, 5.74) is 2.79. The standard InChI is InChI=1S/C27H28ClNO3S/c1-27(2,3)16-29-22-11-9-17(28)15-21(22)25(33-24(13-14-30)26(29)31)20-10-12-23(32-4)19-8-6-5-7-18(19)20/h5-12,14-15,24-25H,13,16H2,1-4H3/t24-,25-/m0/s1. The van der Waals surface area contributed by atoms with Crippen LogP contribution in [0.2, 0.25) is 5.02 Å². The Bertz CT molecular complexity index is 1200. The molecule has 3 aromatic carbocycles. The van der Waals surface area contributed by atoms with Crippen molar-refractivity contribution in [2.24, 2.45) is 5.41 Å². The minimum atomic E-state index is -0.484. The van der Waals surface area contributed by atoms with Crippen molar-refractivity contribution >= 4 is 52.0 Å². The molecule has 4 nitrogen and oxygen atoms in total. The molecule has 0 saturated carbocycles. The molecule has 1 amide bonds. The molecular weight excluding hydrogens is 454 g/mol. The van der Waals surface area contributed by atoms with Gasteiger partial charge in [0.15, 0.2) is 0 Å². The summed E-state index contributed by atoms with van der Waals surface area (Å²) in [5.74, 6) is 0.764. The Morgan fingerprint density at radius 2 is 1.79 bits per heavy atom. The Morgan fingerprint density at radius 1 is 1.06 bits per heavy atom. The maximum Gasteiger partial charge on any atom is 0.240 e. The highest BCUT2D eigenvalue weighted by molar-refractivity contribution is 8.01. The van der Waals surface area contributed by atoms with Crippen LogP contribution in [-0.2, 0) is 9.59 Å². The summed E-state index contributed by atoms with van der Waals surface area (Å²) >= 11 is 8.00. The molecule has 1 aliphatic rings. The fraction of sp³-hybridized carbons (Fsp3) is 0.333. The highest BCUT2D eigenvalue weighted by Gasteiger charge is 2.38. The number of fused-ring (bicyclic) bond motifs is 2. The molecule has 172 valence electrons. The van der Waals surface area contributed by atoms with Crippen molar-refractivity contribution in [3.8, 4) is 5.75 Å². The van der Waals surface area contributed by atoms with Crippen molar-refractivity contribution in [1.29, 1.82) is 0 Å². The zero-order valence-corrected chi connectivity index (χ0v) is 20.9. The van der Waals surface area contributed by atoms with Gasteiger partial charge in [0, 0.05) is 29.1 Å². The fourth-order valence-electron chi connectivity index (χ4n) is 4.39. The number of nitrogens with zero attached hydrogens (tertiary/aromatic N) is 1. The van der Waals surface area contributed by atoms with Gasteiger partial charge in [0.2, 0.25) is 5.91 Å². The van der Waals surface area contributed by atoms with E-state index < -0.39 is 5.25 Å². The summed E-state index contributed by atoms with van der Waals surface area (Å²) < 4.78 is 5.60. The molecule has 0 fully saturated rings. The van der Waals surface area contributed by atoms with Crippen LogP contribution < -0.4 is 9.64 Å². The van der Waals surface area contributed by atoms with Gasteiger partial charge in [-0.1, -0.05) is 62.7 Å². The lowest BCUT2D eigenvalue weighted by Gasteiger charge is -2.31. The first kappa shape index (κ1) is 23.7. The van der Waals surface area contributed by atoms with E-state index in [1.165, 1.54) is 11.8 Å². The highest BCUT2D eigenvalue weighted by atomic mass is 35.5. The molecule has 33 heavy (non-hydrogen) atoms. The van der Waals surface area contributed by atoms with E-state index in [1.807, 2.05) is 47.4 Å². The van der Waals surface area contributed by atoms with Crippen LogP contribution in [0.25, 0.3) is 10.8 Å². The van der Waals surface area contributed by atoms with Crippen molar-refractivity contribution < 1.29 is 14.3 Å². The van der Waals surface area contributed by atoms with E-state index >= 15 is 0 Å². The Hall–Kier alpha value is -2.50. The predicted octanol–water partition coefficient (Wildman–Crippen LogP) is 6.67. The summed E-state index contributed by atoms with van der Waals surface area (Å²) in [6.45, 7) is 6.87. The van der Waals surface area contributed by atoms with Crippen molar-refractivity contribution in [2.75, 3.05) is 18.6 Å². The van der Waals surface area contributed by atoms with Gasteiger partial charge in [-0.25, -0.2) is 0 Å². The minimum absolute atomic E-state index is 0.0362. The Kier molecular flexibility index (Phi) is 6.73. The number of hydrogen-bond acceptors (Lipinski definition) is 4. The number of anilines is 1. The number of halogens is 1. The van der Waals surface area contributed by atoms with E-state index in [9.17, 15) is 9.59 Å². The number of rotatable bonds is 5. The van der Waals surface area contributed by atoms with E-state index in [0.29, 0.717) is 11.6 Å². The molecule has 0 N–H and O–H groups in total. The molecule has 0 spiro atoms. The van der Waals surface area contributed by atoms with Gasteiger partial charge in [-0.05, 0) is 46.2 Å². The lowest BCUT2D eigenvalue weighted by molar-refractivity contribution is -0.120. The van der Waals surface area contributed by atoms with Crippen LogP contribution in [0.5, 0.6) is 5.75 Å². The SMILES string of the molecule is COc1ccc([C@@H]2S[C@@H](CC=O)C(=O)N(CC(C)(C)C)c3ccc(Cl)cc32)c2ccccc12. The summed E-state index contributed by atoms with van der Waals surface area (Å²) in [6, 6.07) is 17.9. The fourth-order valence-corrected chi connectivity index (χ4v) is 6.02. The zero-order valence-electron chi connectivity index (χ0n) is 19.3. The van der Waals surface area contributed by atoms with Gasteiger partial charge < -0.3 is 14.4 Å². The van der Waals surface area contributed by atoms with E-state index in [-0.39, 0.29) is 23.0 Å². The third kappa shape index (κ3) is 4.75. The predicted molar refractivity (Wildman–Crippen MR) is 138 cm³/mol. The van der Waals surface area contributed by atoms with Crippen LogP contribution in [0.1, 0.15) is 43.6 Å². The van der Waals surface area contributed by atoms with E-state index in [4.69, 9.17) is 16.3 Å². The lowest BCUT2D eigenvalue weighted by Crippen LogP contribution is -2.42. The van der Waals surface area contributed by atoms with Gasteiger partial charge >= 0.3 is 0 Å². The number of amides is 1. The van der Waals surface area contributed by atoms with Crippen molar-refractivity contribution in [3.05, 3.63) is 70.7 Å². The summed E-state index contributed by atoms with van der Waals surface area (Å²) in [6.07, 6.45) is 1.01. The molecule has 0 aliphatic carbocycles. The molecule has 3 aromatic rings. The number of hydrogen-bond donors (Lipinski definition) is 0. The number of carbonyl (C=O) groups is 2. The molecule has 1 aliphatic heterocycles. The number of benzene rings is 3. The van der Waals surface area contributed by atoms with Crippen molar-refractivity contribution in [3.63, 3.8) is 0 Å². The second-order valence-corrected chi connectivity index (χ2v) is 11.2. The molecular formula is C27H28ClNO3S. The Balaban J connectivity index is 1.97. The third-order valence-corrected chi connectivity index (χ3v) is 7.51. The van der Waals surface area contributed by atoms with Crippen molar-refractivity contribution in [2.45, 2.75) is 37.7 Å². The van der Waals surface area contributed by atoms with Gasteiger partial charge in [0.25, 0.3) is 0 Å². The molecule has 0 bridgehead atoms. The van der Waals surface area contributed by atoms with Crippen LogP contribution in [0.3, 0.4) is 0 Å². The molecule has 0 saturated heterocycles. The molecule has 4 rings (SSSR count). The number of methoxy groups -OCH3 is 1. The second-order valence-electron chi connectivity index (χ2n) is 9.50. The van der Waals surface area contributed by atoms with Crippen molar-refractivity contribution in [1.82, 2.24) is 0 Å². The quantitative estimate of drug-likeness (QED) is 0.381. The molecule has 1 heterocycles.